The number of rotatable bonds is 6. The zero-order chi connectivity index (χ0) is 28.5. The molecule has 0 aliphatic rings. The van der Waals surface area contributed by atoms with Gasteiger partial charge in [-0.05, 0) is 63.2 Å². The molecule has 0 saturated heterocycles. The van der Waals surface area contributed by atoms with Crippen molar-refractivity contribution in [2.45, 2.75) is 19.3 Å². The SMILES string of the molecule is CC(C)(c1ccccc1)c1ccc(-c2cccc(-c3cccc(-c4cc[c-]c(-c5nc6ccccc6o5)c4)c3)c2)cc1.[Ir]. The molecule has 0 amide bonds. The number of hydrogen-bond acceptors (Lipinski definition) is 2. The number of fused-ring (bicyclic) bond motifs is 1. The van der Waals surface area contributed by atoms with E-state index in [0.29, 0.717) is 5.89 Å². The van der Waals surface area contributed by atoms with Crippen LogP contribution in [0.1, 0.15) is 25.0 Å². The van der Waals surface area contributed by atoms with Gasteiger partial charge in [0.2, 0.25) is 0 Å². The minimum Gasteiger partial charge on any atom is -0.481 e. The second-order valence-electron chi connectivity index (χ2n) is 11.2. The standard InChI is InChI=1S/C40H30NO.Ir/c1-40(2,35-17-4-3-5-18-35)36-23-21-28(22-24-36)29-11-8-12-30(25-29)31-13-9-14-32(26-31)33-15-10-16-34(27-33)39-41-37-19-6-7-20-38(37)42-39;/h3-15,17-27H,1-2H3;/q-1;. The van der Waals surface area contributed by atoms with E-state index in [1.807, 2.05) is 30.3 Å². The van der Waals surface area contributed by atoms with Gasteiger partial charge >= 0.3 is 0 Å². The Labute approximate surface area is 266 Å². The van der Waals surface area contributed by atoms with Crippen molar-refractivity contribution in [3.63, 3.8) is 0 Å². The Kier molecular flexibility index (Phi) is 7.95. The maximum atomic E-state index is 6.00. The van der Waals surface area contributed by atoms with Crippen LogP contribution in [-0.4, -0.2) is 4.98 Å². The maximum absolute atomic E-state index is 6.00. The molecular formula is C40H30IrNO-. The first kappa shape index (κ1) is 28.6. The summed E-state index contributed by atoms with van der Waals surface area (Å²) in [5.41, 5.74) is 12.0. The van der Waals surface area contributed by atoms with Crippen LogP contribution in [0.4, 0.5) is 0 Å². The molecule has 0 aliphatic heterocycles. The topological polar surface area (TPSA) is 26.0 Å². The monoisotopic (exact) mass is 733 g/mol. The van der Waals surface area contributed by atoms with E-state index in [1.54, 1.807) is 0 Å². The van der Waals surface area contributed by atoms with E-state index >= 15 is 0 Å². The van der Waals surface area contributed by atoms with E-state index in [-0.39, 0.29) is 25.5 Å². The Morgan fingerprint density at radius 3 is 1.74 bits per heavy atom. The molecule has 6 aromatic carbocycles. The minimum atomic E-state index is -0.0579. The van der Waals surface area contributed by atoms with Crippen LogP contribution >= 0.6 is 0 Å². The smallest absolute Gasteiger partial charge is 0.141 e. The van der Waals surface area contributed by atoms with Crippen molar-refractivity contribution in [3.05, 3.63) is 163 Å². The van der Waals surface area contributed by atoms with Gasteiger partial charge in [-0.25, -0.2) is 0 Å². The van der Waals surface area contributed by atoms with Crippen molar-refractivity contribution >= 4 is 11.1 Å². The fourth-order valence-electron chi connectivity index (χ4n) is 5.61. The van der Waals surface area contributed by atoms with Crippen molar-refractivity contribution in [3.8, 4) is 44.8 Å². The molecule has 7 aromatic rings. The van der Waals surface area contributed by atoms with Gasteiger partial charge in [0.15, 0.2) is 0 Å². The summed E-state index contributed by atoms with van der Waals surface area (Å²) in [7, 11) is 0. The van der Waals surface area contributed by atoms with Crippen LogP contribution in [0.25, 0.3) is 55.9 Å². The Bertz CT molecular complexity index is 1970. The van der Waals surface area contributed by atoms with Crippen molar-refractivity contribution in [1.29, 1.82) is 0 Å². The largest absolute Gasteiger partial charge is 0.481 e. The van der Waals surface area contributed by atoms with E-state index in [1.165, 1.54) is 33.4 Å². The molecule has 0 bridgehead atoms. The third kappa shape index (κ3) is 5.75. The molecule has 0 fully saturated rings. The fourth-order valence-corrected chi connectivity index (χ4v) is 5.61. The number of benzene rings is 6. The van der Waals surface area contributed by atoms with Crippen molar-refractivity contribution in [2.75, 3.05) is 0 Å². The second-order valence-corrected chi connectivity index (χ2v) is 11.2. The van der Waals surface area contributed by atoms with Gasteiger partial charge in [0.25, 0.3) is 0 Å². The molecule has 1 aromatic heterocycles. The number of nitrogens with zero attached hydrogens (tertiary/aromatic N) is 1. The minimum absolute atomic E-state index is 0. The molecule has 43 heavy (non-hydrogen) atoms. The van der Waals surface area contributed by atoms with Crippen LogP contribution in [0.2, 0.25) is 0 Å². The Morgan fingerprint density at radius 1 is 0.535 bits per heavy atom. The number of para-hydroxylation sites is 2. The van der Waals surface area contributed by atoms with Crippen LogP contribution in [0.5, 0.6) is 0 Å². The van der Waals surface area contributed by atoms with Crippen molar-refractivity contribution in [1.82, 2.24) is 4.98 Å². The summed E-state index contributed by atoms with van der Waals surface area (Å²) in [6.07, 6.45) is 0. The van der Waals surface area contributed by atoms with Gasteiger partial charge in [-0.15, -0.1) is 29.8 Å². The molecule has 0 N–H and O–H groups in total. The van der Waals surface area contributed by atoms with Gasteiger partial charge in [0.05, 0.1) is 5.52 Å². The van der Waals surface area contributed by atoms with Gasteiger partial charge in [-0.3, -0.25) is 4.98 Å². The molecule has 7 rings (SSSR count). The van der Waals surface area contributed by atoms with Gasteiger partial charge < -0.3 is 4.42 Å². The Hall–Kier alpha value is -4.56. The fraction of sp³-hybridized carbons (Fsp3) is 0.0750. The summed E-state index contributed by atoms with van der Waals surface area (Å²) in [6.45, 7) is 4.57. The van der Waals surface area contributed by atoms with Crippen LogP contribution in [-0.2, 0) is 25.5 Å². The summed E-state index contributed by atoms with van der Waals surface area (Å²) < 4.78 is 6.00. The molecule has 1 heterocycles. The molecular weight excluding hydrogens is 703 g/mol. The molecule has 3 heteroatoms. The van der Waals surface area contributed by atoms with Gasteiger partial charge in [-0.1, -0.05) is 123 Å². The summed E-state index contributed by atoms with van der Waals surface area (Å²) in [5.74, 6) is 0.583. The average Bonchev–Trinajstić information content (AvgIpc) is 3.50. The first-order valence-electron chi connectivity index (χ1n) is 14.3. The number of aromatic nitrogens is 1. The first-order chi connectivity index (χ1) is 20.5. The molecule has 0 spiro atoms. The number of oxazole rings is 1. The molecule has 0 saturated carbocycles. The predicted octanol–water partition coefficient (Wildman–Crippen LogP) is 10.6. The Balaban J connectivity index is 0.00000329. The second kappa shape index (κ2) is 12.0. The Morgan fingerprint density at radius 2 is 1.09 bits per heavy atom. The first-order valence-corrected chi connectivity index (χ1v) is 14.3. The molecule has 2 nitrogen and oxygen atoms in total. The van der Waals surface area contributed by atoms with E-state index in [0.717, 1.165) is 27.8 Å². The average molecular weight is 733 g/mol. The molecule has 0 aliphatic carbocycles. The van der Waals surface area contributed by atoms with Gasteiger partial charge in [-0.2, -0.15) is 0 Å². The van der Waals surface area contributed by atoms with Crippen LogP contribution in [0.15, 0.2) is 150 Å². The summed E-state index contributed by atoms with van der Waals surface area (Å²) >= 11 is 0. The quantitative estimate of drug-likeness (QED) is 0.159. The molecule has 211 valence electrons. The maximum Gasteiger partial charge on any atom is 0.141 e. The third-order valence-electron chi connectivity index (χ3n) is 8.15. The van der Waals surface area contributed by atoms with Crippen LogP contribution in [0, 0.1) is 6.07 Å². The van der Waals surface area contributed by atoms with Crippen LogP contribution in [0.3, 0.4) is 0 Å². The zero-order valence-corrected chi connectivity index (χ0v) is 26.4. The van der Waals surface area contributed by atoms with Gasteiger partial charge in [0.1, 0.15) is 11.5 Å². The molecule has 0 unspecified atom stereocenters. The van der Waals surface area contributed by atoms with E-state index in [2.05, 4.69) is 140 Å². The number of hydrogen-bond donors (Lipinski definition) is 0. The summed E-state index contributed by atoms with van der Waals surface area (Å²) in [5, 5.41) is 0. The molecule has 1 radical (unpaired) electrons. The molecule has 0 atom stereocenters. The zero-order valence-electron chi connectivity index (χ0n) is 24.0. The van der Waals surface area contributed by atoms with E-state index in [9.17, 15) is 0 Å². The normalized spacial score (nSPS) is 11.3. The summed E-state index contributed by atoms with van der Waals surface area (Å²) in [6, 6.07) is 54.4. The predicted molar refractivity (Wildman–Crippen MR) is 173 cm³/mol. The van der Waals surface area contributed by atoms with Crippen LogP contribution < -0.4 is 0 Å². The third-order valence-corrected chi connectivity index (χ3v) is 8.15. The van der Waals surface area contributed by atoms with E-state index < -0.39 is 0 Å². The van der Waals surface area contributed by atoms with E-state index in [4.69, 9.17) is 4.42 Å². The van der Waals surface area contributed by atoms with Crippen molar-refractivity contribution in [2.24, 2.45) is 0 Å². The van der Waals surface area contributed by atoms with Gasteiger partial charge in [0, 0.05) is 25.5 Å². The van der Waals surface area contributed by atoms with Crippen molar-refractivity contribution < 1.29 is 24.5 Å². The summed E-state index contributed by atoms with van der Waals surface area (Å²) in [4.78, 5) is 4.66.